The molecular formula is C30H26ClN3O5. The predicted molar refractivity (Wildman–Crippen MR) is 152 cm³/mol. The summed E-state index contributed by atoms with van der Waals surface area (Å²) in [5.74, 6) is 0.824. The van der Waals surface area contributed by atoms with Crippen LogP contribution in [-0.2, 0) is 16.1 Å². The second-order valence-electron chi connectivity index (χ2n) is 9.51. The van der Waals surface area contributed by atoms with Gasteiger partial charge in [0, 0.05) is 35.9 Å². The molecule has 0 bridgehead atoms. The molecule has 2 aliphatic rings. The van der Waals surface area contributed by atoms with Crippen LogP contribution in [0.2, 0.25) is 5.02 Å². The van der Waals surface area contributed by atoms with E-state index in [4.69, 9.17) is 21.1 Å². The minimum absolute atomic E-state index is 0.203. The molecule has 4 aromatic rings. The Hall–Kier alpha value is -4.30. The standard InChI is InChI=1S/C30H26ClN3O5/c1-2-38-30(37)23-18-32(14-15-33(23)21-9-4-3-5-10-21)26-27(29(36)28(26)35)34-17-19-8-6-7-11-24(19)39-25-13-12-20(31)16-22(25)34/h3-13,16,23H,2,14-15,17-18H2,1H3. The first-order chi connectivity index (χ1) is 19.0. The number of piperazine rings is 1. The molecule has 1 saturated heterocycles. The van der Waals surface area contributed by atoms with Crippen molar-refractivity contribution in [3.8, 4) is 11.5 Å². The molecule has 0 spiro atoms. The maximum absolute atomic E-state index is 13.2. The zero-order valence-electron chi connectivity index (χ0n) is 21.3. The Bertz CT molecular complexity index is 1620. The Kier molecular flexibility index (Phi) is 6.48. The molecule has 0 aromatic heterocycles. The number of ether oxygens (including phenoxy) is 2. The van der Waals surface area contributed by atoms with Crippen LogP contribution in [0.4, 0.5) is 22.7 Å². The normalized spacial score (nSPS) is 16.8. The fourth-order valence-corrected chi connectivity index (χ4v) is 5.53. The first kappa shape index (κ1) is 25.0. The lowest BCUT2D eigenvalue weighted by Gasteiger charge is -2.43. The number of esters is 1. The minimum atomic E-state index is -0.645. The molecule has 1 unspecified atom stereocenters. The monoisotopic (exact) mass is 543 g/mol. The molecule has 2 aliphatic heterocycles. The summed E-state index contributed by atoms with van der Waals surface area (Å²) in [6.45, 7) is 3.45. The number of fused-ring (bicyclic) bond motifs is 2. The van der Waals surface area contributed by atoms with E-state index in [0.717, 1.165) is 11.3 Å². The molecule has 0 aliphatic carbocycles. The lowest BCUT2D eigenvalue weighted by atomic mass is 10.0. The van der Waals surface area contributed by atoms with Crippen LogP contribution in [0.3, 0.4) is 0 Å². The summed E-state index contributed by atoms with van der Waals surface area (Å²) >= 11 is 6.36. The van der Waals surface area contributed by atoms with Crippen molar-refractivity contribution >= 4 is 40.3 Å². The predicted octanol–water partition coefficient (Wildman–Crippen LogP) is 4.64. The summed E-state index contributed by atoms with van der Waals surface area (Å²) in [5.41, 5.74) is 1.78. The molecule has 0 N–H and O–H groups in total. The van der Waals surface area contributed by atoms with Crippen molar-refractivity contribution in [2.75, 3.05) is 40.9 Å². The fourth-order valence-electron chi connectivity index (χ4n) is 5.36. The van der Waals surface area contributed by atoms with Crippen molar-refractivity contribution in [3.05, 3.63) is 104 Å². The number of hydrogen-bond acceptors (Lipinski definition) is 8. The zero-order valence-corrected chi connectivity index (χ0v) is 22.1. The van der Waals surface area contributed by atoms with Gasteiger partial charge in [-0.15, -0.1) is 0 Å². The van der Waals surface area contributed by atoms with Gasteiger partial charge in [-0.25, -0.2) is 4.79 Å². The summed E-state index contributed by atoms with van der Waals surface area (Å²) in [6, 6.07) is 21.8. The quantitative estimate of drug-likeness (QED) is 0.266. The molecule has 198 valence electrons. The average Bonchev–Trinajstić information content (AvgIpc) is 3.12. The lowest BCUT2D eigenvalue weighted by molar-refractivity contribution is -0.144. The summed E-state index contributed by atoms with van der Waals surface area (Å²) < 4.78 is 11.6. The van der Waals surface area contributed by atoms with Crippen LogP contribution in [0.5, 0.6) is 11.5 Å². The van der Waals surface area contributed by atoms with Gasteiger partial charge in [0.25, 0.3) is 10.9 Å². The van der Waals surface area contributed by atoms with Crippen molar-refractivity contribution in [3.63, 3.8) is 0 Å². The van der Waals surface area contributed by atoms with Crippen molar-refractivity contribution in [2.45, 2.75) is 19.5 Å². The van der Waals surface area contributed by atoms with Gasteiger partial charge in [-0.3, -0.25) is 9.59 Å². The number of para-hydroxylation sites is 2. The van der Waals surface area contributed by atoms with Crippen LogP contribution in [0.15, 0.2) is 82.4 Å². The average molecular weight is 544 g/mol. The molecule has 0 radical (unpaired) electrons. The molecule has 1 fully saturated rings. The van der Waals surface area contributed by atoms with Crippen LogP contribution < -0.4 is 30.3 Å². The molecule has 6 rings (SSSR count). The second kappa shape index (κ2) is 10.1. The van der Waals surface area contributed by atoms with E-state index >= 15 is 0 Å². The van der Waals surface area contributed by atoms with Crippen LogP contribution in [0, 0.1) is 0 Å². The SMILES string of the molecule is CCOC(=O)C1CN(c2c(N3Cc4ccccc4Oc4ccc(Cl)cc43)c(=O)c2=O)CCN1c1ccccc1. The van der Waals surface area contributed by atoms with E-state index in [0.29, 0.717) is 47.5 Å². The van der Waals surface area contributed by atoms with Crippen molar-refractivity contribution in [2.24, 2.45) is 0 Å². The maximum Gasteiger partial charge on any atom is 0.330 e. The molecular weight excluding hydrogens is 518 g/mol. The number of carbonyl (C=O) groups is 1. The molecule has 39 heavy (non-hydrogen) atoms. The van der Waals surface area contributed by atoms with Crippen LogP contribution >= 0.6 is 11.6 Å². The smallest absolute Gasteiger partial charge is 0.330 e. The third-order valence-corrected chi connectivity index (χ3v) is 7.44. The third-order valence-electron chi connectivity index (χ3n) is 7.21. The first-order valence-corrected chi connectivity index (χ1v) is 13.2. The Balaban J connectivity index is 1.40. The summed E-state index contributed by atoms with van der Waals surface area (Å²) in [6.07, 6.45) is 0. The molecule has 2 heterocycles. The highest BCUT2D eigenvalue weighted by molar-refractivity contribution is 6.31. The summed E-state index contributed by atoms with van der Waals surface area (Å²) in [4.78, 5) is 45.0. The zero-order chi connectivity index (χ0) is 27.1. The molecule has 4 aromatic carbocycles. The first-order valence-electron chi connectivity index (χ1n) is 12.9. The highest BCUT2D eigenvalue weighted by Gasteiger charge is 2.39. The van der Waals surface area contributed by atoms with Crippen molar-refractivity contribution < 1.29 is 14.3 Å². The van der Waals surface area contributed by atoms with Crippen LogP contribution in [-0.4, -0.2) is 38.3 Å². The van der Waals surface area contributed by atoms with Gasteiger partial charge < -0.3 is 24.2 Å². The van der Waals surface area contributed by atoms with Crippen molar-refractivity contribution in [1.82, 2.24) is 0 Å². The van der Waals surface area contributed by atoms with Crippen LogP contribution in [0.25, 0.3) is 0 Å². The van der Waals surface area contributed by atoms with Crippen LogP contribution in [0.1, 0.15) is 12.5 Å². The van der Waals surface area contributed by atoms with Crippen molar-refractivity contribution in [1.29, 1.82) is 0 Å². The molecule has 0 saturated carbocycles. The Labute approximate surface area is 230 Å². The number of halogens is 1. The Morgan fingerprint density at radius 1 is 0.949 bits per heavy atom. The van der Waals surface area contributed by atoms with E-state index in [1.807, 2.05) is 64.4 Å². The van der Waals surface area contributed by atoms with Gasteiger partial charge in [0.2, 0.25) is 0 Å². The number of nitrogens with zero attached hydrogens (tertiary/aromatic N) is 3. The number of hydrogen-bond donors (Lipinski definition) is 0. The summed E-state index contributed by atoms with van der Waals surface area (Å²) in [7, 11) is 0. The minimum Gasteiger partial charge on any atom is -0.464 e. The maximum atomic E-state index is 13.2. The van der Waals surface area contributed by atoms with E-state index in [1.165, 1.54) is 0 Å². The Morgan fingerprint density at radius 2 is 1.69 bits per heavy atom. The molecule has 0 amide bonds. The highest BCUT2D eigenvalue weighted by Crippen LogP contribution is 2.45. The highest BCUT2D eigenvalue weighted by atomic mass is 35.5. The topological polar surface area (TPSA) is 79.4 Å². The van der Waals surface area contributed by atoms with E-state index in [1.54, 1.807) is 30.0 Å². The van der Waals surface area contributed by atoms with E-state index in [2.05, 4.69) is 0 Å². The van der Waals surface area contributed by atoms with E-state index < -0.39 is 16.9 Å². The largest absolute Gasteiger partial charge is 0.464 e. The molecule has 1 atom stereocenters. The van der Waals surface area contributed by atoms with E-state index in [9.17, 15) is 14.4 Å². The van der Waals surface area contributed by atoms with Gasteiger partial charge in [0.05, 0.1) is 18.8 Å². The van der Waals surface area contributed by atoms with Gasteiger partial charge in [0.15, 0.2) is 5.75 Å². The van der Waals surface area contributed by atoms with Gasteiger partial charge in [-0.05, 0) is 43.3 Å². The number of rotatable bonds is 5. The molecule has 8 nitrogen and oxygen atoms in total. The Morgan fingerprint density at radius 3 is 2.49 bits per heavy atom. The number of anilines is 4. The van der Waals surface area contributed by atoms with E-state index in [-0.39, 0.29) is 24.8 Å². The lowest BCUT2D eigenvalue weighted by Crippen LogP contribution is -2.59. The molecule has 9 heteroatoms. The number of carbonyl (C=O) groups excluding carboxylic acids is 1. The van der Waals surface area contributed by atoms with Gasteiger partial charge in [0.1, 0.15) is 23.2 Å². The number of benzene rings is 3. The third kappa shape index (κ3) is 4.40. The van der Waals surface area contributed by atoms with Gasteiger partial charge >= 0.3 is 5.97 Å². The second-order valence-corrected chi connectivity index (χ2v) is 9.94. The summed E-state index contributed by atoms with van der Waals surface area (Å²) in [5, 5.41) is 0.479. The fraction of sp³-hybridized carbons (Fsp3) is 0.233. The van der Waals surface area contributed by atoms with Gasteiger partial charge in [-0.2, -0.15) is 0 Å². The van der Waals surface area contributed by atoms with Gasteiger partial charge in [-0.1, -0.05) is 48.0 Å².